The summed E-state index contributed by atoms with van der Waals surface area (Å²) < 4.78 is 0. The van der Waals surface area contributed by atoms with Crippen molar-refractivity contribution in [2.75, 3.05) is 5.32 Å². The zero-order chi connectivity index (χ0) is 34.5. The molecule has 1 N–H and O–H groups in total. The molecule has 2 aliphatic heterocycles. The first kappa shape index (κ1) is 31.0. The van der Waals surface area contributed by atoms with E-state index in [1.807, 2.05) is 23.5 Å². The fraction of sp³-hybridized carbons (Fsp3) is 0.0204. The summed E-state index contributed by atoms with van der Waals surface area (Å²) in [4.78, 5) is 5.21. The Labute approximate surface area is 313 Å². The molecule has 0 aliphatic carbocycles. The predicted molar refractivity (Wildman–Crippen MR) is 219 cm³/mol. The van der Waals surface area contributed by atoms with Crippen molar-refractivity contribution in [1.82, 2.24) is 0 Å². The Kier molecular flexibility index (Phi) is 7.63. The van der Waals surface area contributed by atoms with Gasteiger partial charge in [-0.3, -0.25) is 0 Å². The van der Waals surface area contributed by atoms with Gasteiger partial charge in [-0.1, -0.05) is 187 Å². The van der Waals surface area contributed by atoms with Crippen LogP contribution in [0, 0.1) is 0 Å². The van der Waals surface area contributed by atoms with Crippen LogP contribution in [0.25, 0.3) is 33.4 Å². The molecule has 1 atom stereocenters. The molecule has 1 unspecified atom stereocenters. The van der Waals surface area contributed by atoms with Gasteiger partial charge in [0.05, 0.1) is 11.1 Å². The molecule has 3 heteroatoms. The number of hydrogen-bond acceptors (Lipinski definition) is 3. The number of rotatable bonds is 5. The van der Waals surface area contributed by atoms with Gasteiger partial charge in [0.2, 0.25) is 0 Å². The zero-order valence-electron chi connectivity index (χ0n) is 28.3. The van der Waals surface area contributed by atoms with Gasteiger partial charge >= 0.3 is 0 Å². The molecule has 0 radical (unpaired) electrons. The average Bonchev–Trinajstić information content (AvgIpc) is 3.21. The highest BCUT2D eigenvalue weighted by Crippen LogP contribution is 2.63. The van der Waals surface area contributed by atoms with E-state index >= 15 is 0 Å². The Balaban J connectivity index is 1.23. The molecule has 8 aromatic carbocycles. The number of para-hydroxylation sites is 2. The first-order valence-corrected chi connectivity index (χ1v) is 19.3. The molecule has 0 bridgehead atoms. The van der Waals surface area contributed by atoms with Gasteiger partial charge in [-0.05, 0) is 74.8 Å². The summed E-state index contributed by atoms with van der Waals surface area (Å²) in [6.45, 7) is 0. The molecule has 1 nitrogen and oxygen atoms in total. The van der Waals surface area contributed by atoms with E-state index < -0.39 is 5.41 Å². The molecule has 0 saturated heterocycles. The molecule has 52 heavy (non-hydrogen) atoms. The van der Waals surface area contributed by atoms with Crippen LogP contribution >= 0.6 is 23.5 Å². The van der Waals surface area contributed by atoms with Crippen LogP contribution < -0.4 is 5.32 Å². The number of hydrogen-bond donors (Lipinski definition) is 1. The number of benzene rings is 8. The van der Waals surface area contributed by atoms with E-state index in [1.165, 1.54) is 75.2 Å². The lowest BCUT2D eigenvalue weighted by atomic mass is 9.64. The highest BCUT2D eigenvalue weighted by molar-refractivity contribution is 8.00. The van der Waals surface area contributed by atoms with E-state index in [4.69, 9.17) is 0 Å². The normalized spacial score (nSPS) is 15.2. The van der Waals surface area contributed by atoms with Crippen LogP contribution in [0.2, 0.25) is 0 Å². The molecule has 1 spiro atoms. The van der Waals surface area contributed by atoms with Gasteiger partial charge in [0.15, 0.2) is 0 Å². The highest BCUT2D eigenvalue weighted by atomic mass is 32.2. The van der Waals surface area contributed by atoms with Crippen LogP contribution in [0.4, 0.5) is 11.4 Å². The van der Waals surface area contributed by atoms with Gasteiger partial charge in [0.1, 0.15) is 0 Å². The largest absolute Gasteiger partial charge is 0.355 e. The minimum atomic E-state index is -0.478. The molecule has 246 valence electrons. The van der Waals surface area contributed by atoms with Gasteiger partial charge in [-0.15, -0.1) is 0 Å². The van der Waals surface area contributed by atoms with E-state index in [0.29, 0.717) is 0 Å². The van der Waals surface area contributed by atoms with E-state index in [2.05, 4.69) is 199 Å². The summed E-state index contributed by atoms with van der Waals surface area (Å²) >= 11 is 3.80. The number of nitrogens with one attached hydrogen (secondary N) is 1. The first-order valence-electron chi connectivity index (χ1n) is 17.7. The quantitative estimate of drug-likeness (QED) is 0.192. The van der Waals surface area contributed by atoms with Gasteiger partial charge in [-0.2, -0.15) is 0 Å². The van der Waals surface area contributed by atoms with Crippen LogP contribution in [0.3, 0.4) is 0 Å². The number of fused-ring (bicyclic) bond motifs is 8. The van der Waals surface area contributed by atoms with E-state index in [-0.39, 0.29) is 0 Å². The minimum absolute atomic E-state index is 0.478. The summed E-state index contributed by atoms with van der Waals surface area (Å²) in [7, 11) is 0. The van der Waals surface area contributed by atoms with Crippen LogP contribution in [0.15, 0.2) is 214 Å². The second-order valence-electron chi connectivity index (χ2n) is 13.3. The zero-order valence-corrected chi connectivity index (χ0v) is 29.9. The predicted octanol–water partition coefficient (Wildman–Crippen LogP) is 13.7. The lowest BCUT2D eigenvalue weighted by Crippen LogP contribution is -2.36. The summed E-state index contributed by atoms with van der Waals surface area (Å²) in [5, 5.41) is 3.83. The van der Waals surface area contributed by atoms with Gasteiger partial charge in [0.25, 0.3) is 0 Å². The third kappa shape index (κ3) is 4.96. The maximum atomic E-state index is 3.83. The molecule has 8 aromatic rings. The SMILES string of the molecule is c1ccc(Nc2c(-c3ccccc3)cccc2-c2ccc3c(c2)Sc2ccccc2C32c3ccccc3Sc3c(-c4ccccc4)cccc32)cc1. The summed E-state index contributed by atoms with van der Waals surface area (Å²) in [6, 6.07) is 70.9. The second-order valence-corrected chi connectivity index (χ2v) is 15.4. The summed E-state index contributed by atoms with van der Waals surface area (Å²) in [5.74, 6) is 0. The second kappa shape index (κ2) is 12.8. The average molecular weight is 700 g/mol. The monoisotopic (exact) mass is 699 g/mol. The number of anilines is 2. The molecule has 10 rings (SSSR count). The Morgan fingerprint density at radius 1 is 0.346 bits per heavy atom. The minimum Gasteiger partial charge on any atom is -0.355 e. The van der Waals surface area contributed by atoms with Crippen LogP contribution in [0.5, 0.6) is 0 Å². The fourth-order valence-corrected chi connectivity index (χ4v) is 10.7. The highest BCUT2D eigenvalue weighted by Gasteiger charge is 2.49. The molecule has 0 fully saturated rings. The Morgan fingerprint density at radius 2 is 0.846 bits per heavy atom. The van der Waals surface area contributed by atoms with Crippen molar-refractivity contribution in [3.63, 3.8) is 0 Å². The van der Waals surface area contributed by atoms with Crippen molar-refractivity contribution >= 4 is 34.9 Å². The smallest absolute Gasteiger partial charge is 0.0745 e. The van der Waals surface area contributed by atoms with Crippen LogP contribution in [0.1, 0.15) is 22.3 Å². The Bertz CT molecular complexity index is 2590. The van der Waals surface area contributed by atoms with Crippen LogP contribution in [-0.4, -0.2) is 0 Å². The molecular weight excluding hydrogens is 667 g/mol. The van der Waals surface area contributed by atoms with E-state index in [9.17, 15) is 0 Å². The van der Waals surface area contributed by atoms with Gasteiger partial charge < -0.3 is 5.32 Å². The fourth-order valence-electron chi connectivity index (χ4n) is 8.15. The van der Waals surface area contributed by atoms with Crippen LogP contribution in [-0.2, 0) is 5.41 Å². The Morgan fingerprint density at radius 3 is 1.54 bits per heavy atom. The topological polar surface area (TPSA) is 12.0 Å². The van der Waals surface area contributed by atoms with E-state index in [1.54, 1.807) is 0 Å². The lowest BCUT2D eigenvalue weighted by molar-refractivity contribution is 0.668. The van der Waals surface area contributed by atoms with Crippen molar-refractivity contribution in [3.8, 4) is 33.4 Å². The van der Waals surface area contributed by atoms with Gasteiger partial charge in [-0.25, -0.2) is 0 Å². The summed E-state index contributed by atoms with van der Waals surface area (Å²) in [5.41, 5.74) is 14.3. The molecule has 2 heterocycles. The van der Waals surface area contributed by atoms with Crippen molar-refractivity contribution in [2.45, 2.75) is 25.0 Å². The molecule has 0 aromatic heterocycles. The molecular formula is C49H33NS2. The maximum Gasteiger partial charge on any atom is 0.0745 e. The third-order valence-corrected chi connectivity index (χ3v) is 12.8. The summed E-state index contributed by atoms with van der Waals surface area (Å²) in [6.07, 6.45) is 0. The Hall–Kier alpha value is -5.74. The maximum absolute atomic E-state index is 3.83. The van der Waals surface area contributed by atoms with Crippen molar-refractivity contribution in [3.05, 3.63) is 216 Å². The standard InChI is InChI=1S/C49H33NS2/c1-4-16-33(17-5-1)37-22-14-23-38(47(37)50-36-20-8-3-9-21-36)35-30-31-42-46(32-35)51-44-28-12-10-25-40(44)49(42)41-26-11-13-29-45(41)52-48-39(24-15-27-43(48)49)34-18-6-2-7-19-34/h1-32,50H. The van der Waals surface area contributed by atoms with Gasteiger partial charge in [0, 0.05) is 36.4 Å². The third-order valence-electron chi connectivity index (χ3n) is 10.4. The molecule has 0 saturated carbocycles. The molecule has 2 aliphatic rings. The molecule has 0 amide bonds. The lowest BCUT2D eigenvalue weighted by Gasteiger charge is -2.46. The van der Waals surface area contributed by atoms with Crippen molar-refractivity contribution in [2.24, 2.45) is 0 Å². The first-order chi connectivity index (χ1) is 25.8. The van der Waals surface area contributed by atoms with E-state index in [0.717, 1.165) is 11.4 Å². The van der Waals surface area contributed by atoms with Crippen molar-refractivity contribution in [1.29, 1.82) is 0 Å². The van der Waals surface area contributed by atoms with Crippen molar-refractivity contribution < 1.29 is 0 Å².